The molecule has 5 nitrogen and oxygen atoms in total. The minimum Gasteiger partial charge on any atom is -0.347 e. The molecule has 1 fully saturated rings. The summed E-state index contributed by atoms with van der Waals surface area (Å²) in [5.41, 5.74) is 0.423. The highest BCUT2D eigenvalue weighted by molar-refractivity contribution is 5.92. The fourth-order valence-electron chi connectivity index (χ4n) is 1.46. The summed E-state index contributed by atoms with van der Waals surface area (Å²) in [7, 11) is 0. The molecule has 74 valence electrons. The zero-order chi connectivity index (χ0) is 9.80. The standard InChI is InChI=1S/C9H12N4O/c14-9(8-2-4-11-6-12-8)13-7-1-3-10-5-7/h2,4,6-7,10H,1,3,5H2,(H,13,14). The van der Waals surface area contributed by atoms with Gasteiger partial charge < -0.3 is 10.6 Å². The normalized spacial score (nSPS) is 20.7. The molecule has 0 aromatic carbocycles. The van der Waals surface area contributed by atoms with Crippen LogP contribution in [0.3, 0.4) is 0 Å². The highest BCUT2D eigenvalue weighted by Crippen LogP contribution is 1.99. The molecule has 14 heavy (non-hydrogen) atoms. The fraction of sp³-hybridized carbons (Fsp3) is 0.444. The summed E-state index contributed by atoms with van der Waals surface area (Å²) in [5, 5.41) is 6.09. The monoisotopic (exact) mass is 192 g/mol. The molecule has 1 unspecified atom stereocenters. The van der Waals surface area contributed by atoms with Gasteiger partial charge in [-0.05, 0) is 19.0 Å². The predicted octanol–water partition coefficient (Wildman–Crippen LogP) is -0.432. The van der Waals surface area contributed by atoms with Crippen LogP contribution in [0.1, 0.15) is 16.9 Å². The highest BCUT2D eigenvalue weighted by atomic mass is 16.1. The molecule has 5 heteroatoms. The van der Waals surface area contributed by atoms with Crippen LogP contribution in [0.5, 0.6) is 0 Å². The molecule has 1 atom stereocenters. The van der Waals surface area contributed by atoms with Crippen LogP contribution in [0, 0.1) is 0 Å². The summed E-state index contributed by atoms with van der Waals surface area (Å²) in [5.74, 6) is -0.124. The Bertz CT molecular complexity index is 308. The van der Waals surface area contributed by atoms with Crippen LogP contribution >= 0.6 is 0 Å². The maximum absolute atomic E-state index is 11.6. The Balaban J connectivity index is 1.95. The lowest BCUT2D eigenvalue weighted by Gasteiger charge is -2.09. The van der Waals surface area contributed by atoms with E-state index in [0.717, 1.165) is 19.5 Å². The number of amides is 1. The molecule has 1 aliphatic rings. The lowest BCUT2D eigenvalue weighted by Crippen LogP contribution is -2.36. The minimum atomic E-state index is -0.124. The third kappa shape index (κ3) is 2.05. The van der Waals surface area contributed by atoms with Crippen molar-refractivity contribution in [3.63, 3.8) is 0 Å². The number of rotatable bonds is 2. The molecule has 0 bridgehead atoms. The van der Waals surface area contributed by atoms with Gasteiger partial charge in [0.2, 0.25) is 0 Å². The summed E-state index contributed by atoms with van der Waals surface area (Å²) >= 11 is 0. The van der Waals surface area contributed by atoms with Gasteiger partial charge in [-0.15, -0.1) is 0 Å². The van der Waals surface area contributed by atoms with Crippen molar-refractivity contribution in [3.05, 3.63) is 24.3 Å². The van der Waals surface area contributed by atoms with Crippen LogP contribution in [-0.2, 0) is 0 Å². The van der Waals surface area contributed by atoms with E-state index in [1.165, 1.54) is 6.33 Å². The SMILES string of the molecule is O=C(NC1CCNC1)c1ccncn1. The Hall–Kier alpha value is -1.49. The van der Waals surface area contributed by atoms with E-state index < -0.39 is 0 Å². The van der Waals surface area contributed by atoms with Gasteiger partial charge in [0.1, 0.15) is 12.0 Å². The van der Waals surface area contributed by atoms with Gasteiger partial charge in [0.15, 0.2) is 0 Å². The van der Waals surface area contributed by atoms with Gasteiger partial charge in [0.05, 0.1) is 0 Å². The van der Waals surface area contributed by atoms with Crippen LogP contribution in [0.15, 0.2) is 18.6 Å². The predicted molar refractivity (Wildman–Crippen MR) is 50.8 cm³/mol. The Morgan fingerprint density at radius 2 is 2.57 bits per heavy atom. The van der Waals surface area contributed by atoms with Crippen molar-refractivity contribution >= 4 is 5.91 Å². The van der Waals surface area contributed by atoms with Crippen molar-refractivity contribution in [1.82, 2.24) is 20.6 Å². The maximum atomic E-state index is 11.6. The number of hydrogen-bond donors (Lipinski definition) is 2. The Kier molecular flexibility index (Phi) is 2.69. The molecule has 1 aliphatic heterocycles. The van der Waals surface area contributed by atoms with Gasteiger partial charge in [-0.2, -0.15) is 0 Å². The van der Waals surface area contributed by atoms with Gasteiger partial charge in [-0.3, -0.25) is 4.79 Å². The summed E-state index contributed by atoms with van der Waals surface area (Å²) in [6, 6.07) is 1.84. The van der Waals surface area contributed by atoms with Gasteiger partial charge in [-0.1, -0.05) is 0 Å². The Morgan fingerprint density at radius 3 is 3.21 bits per heavy atom. The van der Waals surface area contributed by atoms with Crippen molar-refractivity contribution in [2.75, 3.05) is 13.1 Å². The molecule has 2 rings (SSSR count). The third-order valence-corrected chi connectivity index (χ3v) is 2.21. The smallest absolute Gasteiger partial charge is 0.270 e. The second kappa shape index (κ2) is 4.15. The molecule has 2 heterocycles. The first-order chi connectivity index (χ1) is 6.86. The summed E-state index contributed by atoms with van der Waals surface area (Å²) in [6.07, 6.45) is 3.92. The second-order valence-corrected chi connectivity index (χ2v) is 3.26. The Morgan fingerprint density at radius 1 is 1.64 bits per heavy atom. The molecule has 2 N–H and O–H groups in total. The lowest BCUT2D eigenvalue weighted by atomic mass is 10.2. The molecule has 0 saturated carbocycles. The van der Waals surface area contributed by atoms with Crippen molar-refractivity contribution in [2.24, 2.45) is 0 Å². The van der Waals surface area contributed by atoms with E-state index in [1.807, 2.05) is 0 Å². The largest absolute Gasteiger partial charge is 0.347 e. The first-order valence-corrected chi connectivity index (χ1v) is 4.64. The molecule has 1 saturated heterocycles. The van der Waals surface area contributed by atoms with Gasteiger partial charge in [0.25, 0.3) is 5.91 Å². The van der Waals surface area contributed by atoms with Crippen LogP contribution in [0.4, 0.5) is 0 Å². The molecule has 1 aromatic rings. The van der Waals surface area contributed by atoms with E-state index in [1.54, 1.807) is 12.3 Å². The van der Waals surface area contributed by atoms with E-state index >= 15 is 0 Å². The van der Waals surface area contributed by atoms with Crippen LogP contribution < -0.4 is 10.6 Å². The lowest BCUT2D eigenvalue weighted by molar-refractivity contribution is 0.0935. The van der Waals surface area contributed by atoms with E-state index in [0.29, 0.717) is 5.69 Å². The van der Waals surface area contributed by atoms with Gasteiger partial charge >= 0.3 is 0 Å². The van der Waals surface area contributed by atoms with Crippen molar-refractivity contribution in [1.29, 1.82) is 0 Å². The van der Waals surface area contributed by atoms with Crippen molar-refractivity contribution in [2.45, 2.75) is 12.5 Å². The maximum Gasteiger partial charge on any atom is 0.270 e. The zero-order valence-electron chi connectivity index (χ0n) is 7.73. The van der Waals surface area contributed by atoms with E-state index in [4.69, 9.17) is 0 Å². The molecular weight excluding hydrogens is 180 g/mol. The summed E-state index contributed by atoms with van der Waals surface area (Å²) in [4.78, 5) is 19.2. The number of nitrogens with one attached hydrogen (secondary N) is 2. The number of hydrogen-bond acceptors (Lipinski definition) is 4. The van der Waals surface area contributed by atoms with Crippen LogP contribution in [0.2, 0.25) is 0 Å². The van der Waals surface area contributed by atoms with E-state index in [9.17, 15) is 4.79 Å². The van der Waals surface area contributed by atoms with Gasteiger partial charge in [0, 0.05) is 18.8 Å². The average Bonchev–Trinajstić information content (AvgIpc) is 2.72. The minimum absolute atomic E-state index is 0.124. The first kappa shape index (κ1) is 9.08. The quantitative estimate of drug-likeness (QED) is 0.667. The van der Waals surface area contributed by atoms with E-state index in [2.05, 4.69) is 20.6 Å². The topological polar surface area (TPSA) is 66.9 Å². The van der Waals surface area contributed by atoms with Crippen molar-refractivity contribution < 1.29 is 4.79 Å². The van der Waals surface area contributed by atoms with Crippen LogP contribution in [-0.4, -0.2) is 35.0 Å². The van der Waals surface area contributed by atoms with Crippen LogP contribution in [0.25, 0.3) is 0 Å². The summed E-state index contributed by atoms with van der Waals surface area (Å²) < 4.78 is 0. The third-order valence-electron chi connectivity index (χ3n) is 2.21. The first-order valence-electron chi connectivity index (χ1n) is 4.64. The number of aromatic nitrogens is 2. The number of nitrogens with zero attached hydrogens (tertiary/aromatic N) is 2. The van der Waals surface area contributed by atoms with Crippen molar-refractivity contribution in [3.8, 4) is 0 Å². The fourth-order valence-corrected chi connectivity index (χ4v) is 1.46. The molecule has 0 aliphatic carbocycles. The molecule has 1 amide bonds. The molecule has 0 spiro atoms. The molecule has 0 radical (unpaired) electrons. The summed E-state index contributed by atoms with van der Waals surface area (Å²) in [6.45, 7) is 1.81. The highest BCUT2D eigenvalue weighted by Gasteiger charge is 2.17. The van der Waals surface area contributed by atoms with E-state index in [-0.39, 0.29) is 11.9 Å². The van der Waals surface area contributed by atoms with Gasteiger partial charge in [-0.25, -0.2) is 9.97 Å². The second-order valence-electron chi connectivity index (χ2n) is 3.26. The zero-order valence-corrected chi connectivity index (χ0v) is 7.73. The molecule has 1 aromatic heterocycles. The number of carbonyl (C=O) groups is 1. The molecular formula is C9H12N4O. The average molecular weight is 192 g/mol. The Labute approximate surface area is 82.0 Å². The number of carbonyl (C=O) groups excluding carboxylic acids is 1.